The van der Waals surface area contributed by atoms with Crippen LogP contribution in [0.2, 0.25) is 0 Å². The SMILES string of the molecule is c1ccc(-c2ccc3ccc4ccc(-c5ccc6ccc(-c7ccc8nc(-c9ccccc9)c(-c9ccccc9)nc8c7)cc6c5)nc4c3n2)cc1. The maximum atomic E-state index is 5.22. The van der Waals surface area contributed by atoms with Gasteiger partial charge in [-0.3, -0.25) is 0 Å². The quantitative estimate of drug-likeness (QED) is 0.172. The van der Waals surface area contributed by atoms with E-state index in [1.807, 2.05) is 54.6 Å². The van der Waals surface area contributed by atoms with Gasteiger partial charge in [0.05, 0.1) is 44.8 Å². The number of fused-ring (bicyclic) bond motifs is 5. The van der Waals surface area contributed by atoms with Crippen LogP contribution in [0.3, 0.4) is 0 Å². The van der Waals surface area contributed by atoms with Crippen molar-refractivity contribution in [3.63, 3.8) is 0 Å². The summed E-state index contributed by atoms with van der Waals surface area (Å²) in [6, 6.07) is 63.2. The molecular formula is C48H30N4. The fourth-order valence-corrected chi connectivity index (χ4v) is 7.11. The molecule has 0 aliphatic heterocycles. The third-order valence-electron chi connectivity index (χ3n) is 9.82. The fourth-order valence-electron chi connectivity index (χ4n) is 7.11. The fraction of sp³-hybridized carbons (Fsp3) is 0. The van der Waals surface area contributed by atoms with Gasteiger partial charge in [0.25, 0.3) is 0 Å². The van der Waals surface area contributed by atoms with Crippen LogP contribution in [0.25, 0.3) is 99.8 Å². The largest absolute Gasteiger partial charge is 0.245 e. The van der Waals surface area contributed by atoms with Crippen molar-refractivity contribution < 1.29 is 0 Å². The van der Waals surface area contributed by atoms with E-state index in [0.717, 1.165) is 94.4 Å². The van der Waals surface area contributed by atoms with Crippen molar-refractivity contribution in [2.45, 2.75) is 0 Å². The number of pyridine rings is 2. The first kappa shape index (κ1) is 29.8. The van der Waals surface area contributed by atoms with Gasteiger partial charge in [0, 0.05) is 33.0 Å². The van der Waals surface area contributed by atoms with E-state index in [2.05, 4.69) is 127 Å². The van der Waals surface area contributed by atoms with E-state index in [1.165, 1.54) is 5.39 Å². The molecule has 3 aromatic heterocycles. The van der Waals surface area contributed by atoms with Crippen molar-refractivity contribution in [3.05, 3.63) is 182 Å². The van der Waals surface area contributed by atoms with Crippen molar-refractivity contribution >= 4 is 43.6 Å². The lowest BCUT2D eigenvalue weighted by atomic mass is 9.98. The van der Waals surface area contributed by atoms with Crippen LogP contribution in [0.5, 0.6) is 0 Å². The van der Waals surface area contributed by atoms with Crippen molar-refractivity contribution in [2.75, 3.05) is 0 Å². The standard InChI is InChI=1S/C48H30N4/c1-4-10-32(11-5-1)41-25-22-35-18-19-36-23-26-42(50-48(36)47(35)49-41)39-21-17-31-16-20-37(28-40(31)29-39)38-24-27-43-44(30-38)52-46(34-14-8-3-9-15-34)45(51-43)33-12-6-2-7-13-33/h1-30H. The monoisotopic (exact) mass is 662 g/mol. The van der Waals surface area contributed by atoms with Gasteiger partial charge in [0.1, 0.15) is 0 Å². The molecule has 10 rings (SSSR count). The van der Waals surface area contributed by atoms with Crippen LogP contribution in [-0.4, -0.2) is 19.9 Å². The average Bonchev–Trinajstić information content (AvgIpc) is 3.23. The highest BCUT2D eigenvalue weighted by molar-refractivity contribution is 6.04. The van der Waals surface area contributed by atoms with Crippen LogP contribution in [0.4, 0.5) is 0 Å². The van der Waals surface area contributed by atoms with Crippen LogP contribution in [0.1, 0.15) is 0 Å². The maximum Gasteiger partial charge on any atom is 0.0973 e. The van der Waals surface area contributed by atoms with Gasteiger partial charge in [-0.15, -0.1) is 0 Å². The highest BCUT2D eigenvalue weighted by atomic mass is 14.8. The Morgan fingerprint density at radius 2 is 0.692 bits per heavy atom. The Labute approximate surface area is 300 Å². The molecule has 4 nitrogen and oxygen atoms in total. The molecule has 0 N–H and O–H groups in total. The lowest BCUT2D eigenvalue weighted by Crippen LogP contribution is -1.95. The van der Waals surface area contributed by atoms with E-state index >= 15 is 0 Å². The van der Waals surface area contributed by atoms with E-state index in [1.54, 1.807) is 0 Å². The highest BCUT2D eigenvalue weighted by Gasteiger charge is 2.15. The third kappa shape index (κ3) is 5.34. The van der Waals surface area contributed by atoms with Crippen LogP contribution in [-0.2, 0) is 0 Å². The normalized spacial score (nSPS) is 11.5. The predicted molar refractivity (Wildman–Crippen MR) is 215 cm³/mol. The Bertz CT molecular complexity index is 2940. The van der Waals surface area contributed by atoms with Crippen molar-refractivity contribution in [1.29, 1.82) is 0 Å². The summed E-state index contributed by atoms with van der Waals surface area (Å²) in [5, 5.41) is 4.47. The summed E-state index contributed by atoms with van der Waals surface area (Å²) in [6.07, 6.45) is 0. The topological polar surface area (TPSA) is 51.6 Å². The Morgan fingerprint density at radius 3 is 1.31 bits per heavy atom. The number of hydrogen-bond donors (Lipinski definition) is 0. The summed E-state index contributed by atoms with van der Waals surface area (Å²) in [5.41, 5.74) is 13.6. The molecule has 0 aliphatic carbocycles. The number of rotatable bonds is 5. The molecule has 4 heteroatoms. The molecule has 0 bridgehead atoms. The number of aromatic nitrogens is 4. The number of benzene rings is 7. The Hall–Kier alpha value is -7.04. The third-order valence-corrected chi connectivity index (χ3v) is 9.82. The second-order valence-corrected chi connectivity index (χ2v) is 13.1. The van der Waals surface area contributed by atoms with Gasteiger partial charge in [0.15, 0.2) is 0 Å². The van der Waals surface area contributed by atoms with Crippen LogP contribution >= 0.6 is 0 Å². The smallest absolute Gasteiger partial charge is 0.0973 e. The Balaban J connectivity index is 1.05. The summed E-state index contributed by atoms with van der Waals surface area (Å²) >= 11 is 0. The molecule has 0 radical (unpaired) electrons. The van der Waals surface area contributed by atoms with Gasteiger partial charge in [-0.2, -0.15) is 0 Å². The second-order valence-electron chi connectivity index (χ2n) is 13.1. The molecule has 0 spiro atoms. The van der Waals surface area contributed by atoms with Crippen LogP contribution < -0.4 is 0 Å². The molecule has 0 saturated carbocycles. The molecule has 0 amide bonds. The van der Waals surface area contributed by atoms with E-state index in [0.29, 0.717) is 0 Å². The second kappa shape index (κ2) is 12.4. The molecule has 52 heavy (non-hydrogen) atoms. The summed E-state index contributed by atoms with van der Waals surface area (Å²) < 4.78 is 0. The van der Waals surface area contributed by atoms with E-state index < -0.39 is 0 Å². The molecule has 0 saturated heterocycles. The lowest BCUT2D eigenvalue weighted by molar-refractivity contribution is 1.29. The molecule has 3 heterocycles. The maximum absolute atomic E-state index is 5.22. The molecule has 0 atom stereocenters. The summed E-state index contributed by atoms with van der Waals surface area (Å²) in [7, 11) is 0. The Kier molecular flexibility index (Phi) is 7.10. The predicted octanol–water partition coefficient (Wildman–Crippen LogP) is 12.2. The van der Waals surface area contributed by atoms with Gasteiger partial charge in [-0.1, -0.05) is 146 Å². The molecule has 0 aliphatic rings. The molecule has 10 aromatic rings. The summed E-state index contributed by atoms with van der Waals surface area (Å²) in [6.45, 7) is 0. The molecule has 7 aromatic carbocycles. The van der Waals surface area contributed by atoms with E-state index in [-0.39, 0.29) is 0 Å². The van der Waals surface area contributed by atoms with Gasteiger partial charge >= 0.3 is 0 Å². The zero-order valence-corrected chi connectivity index (χ0v) is 28.1. The van der Waals surface area contributed by atoms with Crippen LogP contribution in [0, 0.1) is 0 Å². The molecule has 0 unspecified atom stereocenters. The number of nitrogens with zero attached hydrogens (tertiary/aromatic N) is 4. The van der Waals surface area contributed by atoms with Gasteiger partial charge < -0.3 is 0 Å². The molecular weight excluding hydrogens is 633 g/mol. The molecule has 242 valence electrons. The van der Waals surface area contributed by atoms with Crippen molar-refractivity contribution in [1.82, 2.24) is 19.9 Å². The average molecular weight is 663 g/mol. The minimum absolute atomic E-state index is 0.863. The minimum Gasteiger partial charge on any atom is -0.245 e. The zero-order chi connectivity index (χ0) is 34.4. The van der Waals surface area contributed by atoms with E-state index in [9.17, 15) is 0 Å². The first-order valence-corrected chi connectivity index (χ1v) is 17.5. The minimum atomic E-state index is 0.863. The van der Waals surface area contributed by atoms with E-state index in [4.69, 9.17) is 19.9 Å². The summed E-state index contributed by atoms with van der Waals surface area (Å²) in [5.74, 6) is 0. The van der Waals surface area contributed by atoms with Gasteiger partial charge in [-0.05, 0) is 58.3 Å². The van der Waals surface area contributed by atoms with Crippen LogP contribution in [0.15, 0.2) is 182 Å². The van der Waals surface area contributed by atoms with Gasteiger partial charge in [-0.25, -0.2) is 19.9 Å². The first-order valence-electron chi connectivity index (χ1n) is 17.5. The zero-order valence-electron chi connectivity index (χ0n) is 28.1. The van der Waals surface area contributed by atoms with Gasteiger partial charge in [0.2, 0.25) is 0 Å². The lowest BCUT2D eigenvalue weighted by Gasteiger charge is -2.12. The summed E-state index contributed by atoms with van der Waals surface area (Å²) in [4.78, 5) is 20.7. The highest BCUT2D eigenvalue weighted by Crippen LogP contribution is 2.34. The van der Waals surface area contributed by atoms with Crippen molar-refractivity contribution in [3.8, 4) is 56.2 Å². The first-order chi connectivity index (χ1) is 25.7. The Morgan fingerprint density at radius 1 is 0.250 bits per heavy atom. The number of hydrogen-bond acceptors (Lipinski definition) is 4. The van der Waals surface area contributed by atoms with Crippen molar-refractivity contribution in [2.24, 2.45) is 0 Å². The molecule has 0 fully saturated rings.